The Kier molecular flexibility index (Phi) is 3.74. The van der Waals surface area contributed by atoms with Crippen molar-refractivity contribution in [3.05, 3.63) is 0 Å². The van der Waals surface area contributed by atoms with Gasteiger partial charge in [0.05, 0.1) is 5.25 Å². The zero-order chi connectivity index (χ0) is 9.90. The summed E-state index contributed by atoms with van der Waals surface area (Å²) >= 11 is 0. The molecule has 0 spiro atoms. The van der Waals surface area contributed by atoms with Gasteiger partial charge in [0.2, 0.25) is 10.0 Å². The number of nitrogens with one attached hydrogen (secondary N) is 1. The largest absolute Gasteiger partial charge is 0.215 e. The molecule has 0 amide bonds. The minimum atomic E-state index is -2.94. The molecular formula is C9H19NO2S. The third kappa shape index (κ3) is 4.09. The second-order valence-corrected chi connectivity index (χ2v) is 6.22. The quantitative estimate of drug-likeness (QED) is 0.668. The standard InChI is InChI=1S/C9H19NO2S/c1-8(2)4-3-7-10-13(11,12)9-5-6-9/h8-10H,3-7H2,1-2H3. The van der Waals surface area contributed by atoms with Gasteiger partial charge in [0, 0.05) is 6.54 Å². The monoisotopic (exact) mass is 205 g/mol. The summed E-state index contributed by atoms with van der Waals surface area (Å²) in [5.74, 6) is 0.658. The van der Waals surface area contributed by atoms with Crippen molar-refractivity contribution in [3.63, 3.8) is 0 Å². The van der Waals surface area contributed by atoms with Crippen molar-refractivity contribution in [2.45, 2.75) is 44.8 Å². The summed E-state index contributed by atoms with van der Waals surface area (Å²) in [5.41, 5.74) is 0. The van der Waals surface area contributed by atoms with E-state index >= 15 is 0 Å². The molecule has 1 rings (SSSR count). The van der Waals surface area contributed by atoms with E-state index in [2.05, 4.69) is 18.6 Å². The van der Waals surface area contributed by atoms with E-state index in [1.807, 2.05) is 0 Å². The molecule has 0 bridgehead atoms. The molecule has 0 aromatic rings. The molecule has 1 fully saturated rings. The smallest absolute Gasteiger partial charge is 0.214 e. The van der Waals surface area contributed by atoms with Gasteiger partial charge in [-0.1, -0.05) is 13.8 Å². The van der Waals surface area contributed by atoms with Crippen molar-refractivity contribution in [3.8, 4) is 0 Å². The van der Waals surface area contributed by atoms with Crippen LogP contribution in [0.3, 0.4) is 0 Å². The molecular weight excluding hydrogens is 186 g/mol. The molecule has 0 radical (unpaired) electrons. The Hall–Kier alpha value is -0.0900. The van der Waals surface area contributed by atoms with E-state index in [1.54, 1.807) is 0 Å². The third-order valence-electron chi connectivity index (χ3n) is 2.22. The molecule has 13 heavy (non-hydrogen) atoms. The minimum Gasteiger partial charge on any atom is -0.215 e. The number of sulfonamides is 1. The van der Waals surface area contributed by atoms with Gasteiger partial charge < -0.3 is 0 Å². The average molecular weight is 205 g/mol. The van der Waals surface area contributed by atoms with Crippen molar-refractivity contribution in [1.29, 1.82) is 0 Å². The van der Waals surface area contributed by atoms with Crippen LogP contribution in [-0.4, -0.2) is 20.2 Å². The van der Waals surface area contributed by atoms with E-state index in [0.29, 0.717) is 12.5 Å². The first kappa shape index (κ1) is 11.0. The molecule has 78 valence electrons. The van der Waals surface area contributed by atoms with Gasteiger partial charge >= 0.3 is 0 Å². The Morgan fingerprint density at radius 2 is 2.00 bits per heavy atom. The molecule has 0 aromatic carbocycles. The lowest BCUT2D eigenvalue weighted by atomic mass is 10.1. The van der Waals surface area contributed by atoms with Gasteiger partial charge in [-0.05, 0) is 31.6 Å². The van der Waals surface area contributed by atoms with Crippen LogP contribution >= 0.6 is 0 Å². The Morgan fingerprint density at radius 3 is 2.46 bits per heavy atom. The second kappa shape index (κ2) is 4.42. The maximum absolute atomic E-state index is 11.3. The van der Waals surface area contributed by atoms with Crippen LogP contribution in [0, 0.1) is 5.92 Å². The molecule has 1 N–H and O–H groups in total. The topological polar surface area (TPSA) is 46.2 Å². The second-order valence-electron chi connectivity index (χ2n) is 4.17. The summed E-state index contributed by atoms with van der Waals surface area (Å²) in [6.45, 7) is 4.90. The molecule has 0 unspecified atom stereocenters. The minimum absolute atomic E-state index is 0.0773. The molecule has 1 saturated carbocycles. The van der Waals surface area contributed by atoms with Crippen LogP contribution in [0.15, 0.2) is 0 Å². The summed E-state index contributed by atoms with van der Waals surface area (Å²) in [6, 6.07) is 0. The van der Waals surface area contributed by atoms with E-state index < -0.39 is 10.0 Å². The van der Waals surface area contributed by atoms with Gasteiger partial charge in [0.15, 0.2) is 0 Å². The van der Waals surface area contributed by atoms with Gasteiger partial charge in [-0.2, -0.15) is 0 Å². The van der Waals surface area contributed by atoms with Crippen molar-refractivity contribution >= 4 is 10.0 Å². The predicted octanol–water partition coefficient (Wildman–Crippen LogP) is 1.50. The summed E-state index contributed by atoms with van der Waals surface area (Å²) in [4.78, 5) is 0. The molecule has 1 aliphatic rings. The van der Waals surface area contributed by atoms with Gasteiger partial charge in [0.1, 0.15) is 0 Å². The van der Waals surface area contributed by atoms with Crippen LogP contribution in [0.2, 0.25) is 0 Å². The first-order chi connectivity index (χ1) is 6.02. The maximum atomic E-state index is 11.3. The highest BCUT2D eigenvalue weighted by atomic mass is 32.2. The molecule has 0 atom stereocenters. The molecule has 0 aromatic heterocycles. The Morgan fingerprint density at radius 1 is 1.38 bits per heavy atom. The fraction of sp³-hybridized carbons (Fsp3) is 1.00. The zero-order valence-corrected chi connectivity index (χ0v) is 9.23. The van der Waals surface area contributed by atoms with Gasteiger partial charge in [0.25, 0.3) is 0 Å². The van der Waals surface area contributed by atoms with E-state index in [0.717, 1.165) is 25.7 Å². The maximum Gasteiger partial charge on any atom is 0.214 e. The first-order valence-corrected chi connectivity index (χ1v) is 6.55. The molecule has 0 aliphatic heterocycles. The van der Waals surface area contributed by atoms with Crippen LogP contribution in [0.25, 0.3) is 0 Å². The van der Waals surface area contributed by atoms with E-state index in [-0.39, 0.29) is 5.25 Å². The first-order valence-electron chi connectivity index (χ1n) is 5.01. The van der Waals surface area contributed by atoms with Crippen LogP contribution < -0.4 is 4.72 Å². The highest BCUT2D eigenvalue weighted by Crippen LogP contribution is 2.27. The van der Waals surface area contributed by atoms with Gasteiger partial charge in [-0.15, -0.1) is 0 Å². The summed E-state index contributed by atoms with van der Waals surface area (Å²) in [5, 5.41) is -0.0773. The molecule has 3 nitrogen and oxygen atoms in total. The van der Waals surface area contributed by atoms with Crippen LogP contribution in [-0.2, 0) is 10.0 Å². The lowest BCUT2D eigenvalue weighted by Crippen LogP contribution is -2.28. The fourth-order valence-corrected chi connectivity index (χ4v) is 2.64. The normalized spacial score (nSPS) is 18.1. The van der Waals surface area contributed by atoms with Crippen molar-refractivity contribution in [2.24, 2.45) is 5.92 Å². The number of rotatable bonds is 6. The van der Waals surface area contributed by atoms with Crippen molar-refractivity contribution in [1.82, 2.24) is 4.72 Å². The summed E-state index contributed by atoms with van der Waals surface area (Å²) in [7, 11) is -2.94. The van der Waals surface area contributed by atoms with Crippen molar-refractivity contribution < 1.29 is 8.42 Å². The van der Waals surface area contributed by atoms with Crippen molar-refractivity contribution in [2.75, 3.05) is 6.54 Å². The van der Waals surface area contributed by atoms with Crippen LogP contribution in [0.1, 0.15) is 39.5 Å². The molecule has 4 heteroatoms. The van der Waals surface area contributed by atoms with Crippen LogP contribution in [0.5, 0.6) is 0 Å². The lowest BCUT2D eigenvalue weighted by Gasteiger charge is -2.06. The predicted molar refractivity (Wildman–Crippen MR) is 54.0 cm³/mol. The Balaban J connectivity index is 2.11. The summed E-state index contributed by atoms with van der Waals surface area (Å²) < 4.78 is 25.3. The van der Waals surface area contributed by atoms with Gasteiger partial charge in [-0.25, -0.2) is 13.1 Å². The number of hydrogen-bond donors (Lipinski definition) is 1. The van der Waals surface area contributed by atoms with E-state index in [9.17, 15) is 8.42 Å². The third-order valence-corrected chi connectivity index (χ3v) is 4.18. The Bertz CT molecular complexity index is 242. The SMILES string of the molecule is CC(C)CCCNS(=O)(=O)C1CC1. The number of hydrogen-bond acceptors (Lipinski definition) is 2. The van der Waals surface area contributed by atoms with Crippen LogP contribution in [0.4, 0.5) is 0 Å². The molecule has 1 aliphatic carbocycles. The highest BCUT2D eigenvalue weighted by molar-refractivity contribution is 7.90. The molecule has 0 heterocycles. The lowest BCUT2D eigenvalue weighted by molar-refractivity contribution is 0.539. The van der Waals surface area contributed by atoms with Gasteiger partial charge in [-0.3, -0.25) is 0 Å². The Labute approximate surface area is 81.0 Å². The average Bonchev–Trinajstić information content (AvgIpc) is 2.79. The zero-order valence-electron chi connectivity index (χ0n) is 8.41. The fourth-order valence-electron chi connectivity index (χ4n) is 1.22. The highest BCUT2D eigenvalue weighted by Gasteiger charge is 2.34. The molecule has 0 saturated heterocycles. The van der Waals surface area contributed by atoms with E-state index in [4.69, 9.17) is 0 Å². The van der Waals surface area contributed by atoms with E-state index in [1.165, 1.54) is 0 Å². The summed E-state index contributed by atoms with van der Waals surface area (Å²) in [6.07, 6.45) is 3.73.